The molecule has 0 heterocycles. The van der Waals surface area contributed by atoms with Crippen LogP contribution in [0.1, 0.15) is 39.2 Å². The third-order valence-electron chi connectivity index (χ3n) is 3.74. The first kappa shape index (κ1) is 16.1. The van der Waals surface area contributed by atoms with Crippen LogP contribution in [0.4, 0.5) is 0 Å². The molecule has 0 fully saturated rings. The van der Waals surface area contributed by atoms with Gasteiger partial charge in [0.05, 0.1) is 4.90 Å². The predicted molar refractivity (Wildman–Crippen MR) is 78.5 cm³/mol. The lowest BCUT2D eigenvalue weighted by molar-refractivity contribution is 0.363. The van der Waals surface area contributed by atoms with Crippen molar-refractivity contribution in [2.75, 3.05) is 6.54 Å². The van der Waals surface area contributed by atoms with Crippen molar-refractivity contribution in [1.29, 1.82) is 0 Å². The Kier molecular flexibility index (Phi) is 5.52. The van der Waals surface area contributed by atoms with E-state index in [1.165, 1.54) is 0 Å². The minimum absolute atomic E-state index is 0.296. The van der Waals surface area contributed by atoms with Crippen molar-refractivity contribution in [3.8, 4) is 0 Å². The number of aryl methyl sites for hydroxylation is 1. The maximum atomic E-state index is 12.4. The molecular weight excluding hydrogens is 260 g/mol. The van der Waals surface area contributed by atoms with Gasteiger partial charge in [-0.3, -0.25) is 0 Å². The Morgan fingerprint density at radius 1 is 1.11 bits per heavy atom. The predicted octanol–water partition coefficient (Wildman–Crippen LogP) is 2.04. The smallest absolute Gasteiger partial charge is 0.241 e. The van der Waals surface area contributed by atoms with E-state index in [0.717, 1.165) is 12.0 Å². The van der Waals surface area contributed by atoms with E-state index in [4.69, 9.17) is 5.73 Å². The average molecular weight is 284 g/mol. The molecule has 0 bridgehead atoms. The number of rotatable bonds is 7. The summed E-state index contributed by atoms with van der Waals surface area (Å²) in [6.45, 7) is 6.22. The summed E-state index contributed by atoms with van der Waals surface area (Å²) in [6.07, 6.45) is 2.24. The van der Waals surface area contributed by atoms with Crippen molar-refractivity contribution < 1.29 is 8.42 Å². The van der Waals surface area contributed by atoms with E-state index < -0.39 is 15.6 Å². The summed E-state index contributed by atoms with van der Waals surface area (Å²) in [5.41, 5.74) is 6.30. The van der Waals surface area contributed by atoms with Crippen molar-refractivity contribution in [2.24, 2.45) is 5.73 Å². The van der Waals surface area contributed by atoms with Crippen molar-refractivity contribution in [2.45, 2.75) is 50.5 Å². The van der Waals surface area contributed by atoms with Crippen LogP contribution in [0.15, 0.2) is 29.2 Å². The minimum Gasteiger partial charge on any atom is -0.329 e. The highest BCUT2D eigenvalue weighted by molar-refractivity contribution is 7.89. The summed E-state index contributed by atoms with van der Waals surface area (Å²) < 4.78 is 27.5. The molecule has 0 atom stereocenters. The number of sulfonamides is 1. The first-order valence-electron chi connectivity index (χ1n) is 6.76. The van der Waals surface area contributed by atoms with Gasteiger partial charge in [0, 0.05) is 12.1 Å². The molecule has 0 aromatic heterocycles. The molecule has 0 saturated carbocycles. The number of nitrogens with two attached hydrogens (primary N) is 1. The fraction of sp³-hybridized carbons (Fsp3) is 0.571. The molecule has 1 aromatic rings. The van der Waals surface area contributed by atoms with Gasteiger partial charge in [-0.25, -0.2) is 13.1 Å². The van der Waals surface area contributed by atoms with Crippen molar-refractivity contribution >= 4 is 10.0 Å². The Morgan fingerprint density at radius 2 is 1.63 bits per heavy atom. The third-order valence-corrected chi connectivity index (χ3v) is 5.33. The Labute approximate surface area is 116 Å². The lowest BCUT2D eigenvalue weighted by atomic mass is 9.95. The normalized spacial score (nSPS) is 12.6. The number of benzene rings is 1. The zero-order chi connectivity index (χ0) is 14.5. The van der Waals surface area contributed by atoms with E-state index in [9.17, 15) is 8.42 Å². The van der Waals surface area contributed by atoms with Crippen LogP contribution in [0.25, 0.3) is 0 Å². The molecule has 0 aliphatic rings. The second-order valence-corrected chi connectivity index (χ2v) is 6.48. The molecule has 108 valence electrons. The summed E-state index contributed by atoms with van der Waals surface area (Å²) in [5, 5.41) is 0. The lowest BCUT2D eigenvalue weighted by Gasteiger charge is -2.31. The van der Waals surface area contributed by atoms with Gasteiger partial charge >= 0.3 is 0 Å². The van der Waals surface area contributed by atoms with Crippen LogP contribution >= 0.6 is 0 Å². The van der Waals surface area contributed by atoms with E-state index in [-0.39, 0.29) is 0 Å². The van der Waals surface area contributed by atoms with Gasteiger partial charge in [-0.2, -0.15) is 0 Å². The minimum atomic E-state index is -3.51. The van der Waals surface area contributed by atoms with Gasteiger partial charge in [0.25, 0.3) is 0 Å². The van der Waals surface area contributed by atoms with E-state index in [2.05, 4.69) is 4.72 Å². The topological polar surface area (TPSA) is 72.2 Å². The van der Waals surface area contributed by atoms with Crippen LogP contribution in [0.5, 0.6) is 0 Å². The zero-order valence-corrected chi connectivity index (χ0v) is 12.8. The van der Waals surface area contributed by atoms with E-state index in [1.807, 2.05) is 32.9 Å². The summed E-state index contributed by atoms with van der Waals surface area (Å²) >= 11 is 0. The van der Waals surface area contributed by atoms with Gasteiger partial charge in [-0.15, -0.1) is 0 Å². The zero-order valence-electron chi connectivity index (χ0n) is 11.9. The number of hydrogen-bond acceptors (Lipinski definition) is 3. The van der Waals surface area contributed by atoms with Crippen molar-refractivity contribution in [3.63, 3.8) is 0 Å². The Balaban J connectivity index is 3.03. The lowest BCUT2D eigenvalue weighted by Crippen LogP contribution is -2.52. The van der Waals surface area contributed by atoms with Crippen LogP contribution in [-0.4, -0.2) is 20.5 Å². The Hall–Kier alpha value is -0.910. The fourth-order valence-corrected chi connectivity index (χ4v) is 3.53. The Morgan fingerprint density at radius 3 is 2.00 bits per heavy atom. The van der Waals surface area contributed by atoms with Crippen LogP contribution in [-0.2, 0) is 16.4 Å². The molecule has 0 aliphatic carbocycles. The molecule has 0 spiro atoms. The highest BCUT2D eigenvalue weighted by Gasteiger charge is 2.30. The molecule has 0 aliphatic heterocycles. The molecule has 0 unspecified atom stereocenters. The van der Waals surface area contributed by atoms with Crippen LogP contribution in [0, 0.1) is 0 Å². The van der Waals surface area contributed by atoms with Gasteiger partial charge in [0.2, 0.25) is 10.0 Å². The molecule has 1 rings (SSSR count). The van der Waals surface area contributed by atoms with E-state index >= 15 is 0 Å². The highest BCUT2D eigenvalue weighted by atomic mass is 32.2. The van der Waals surface area contributed by atoms with Crippen LogP contribution < -0.4 is 10.5 Å². The van der Waals surface area contributed by atoms with Gasteiger partial charge in [0.15, 0.2) is 0 Å². The first-order chi connectivity index (χ1) is 8.93. The van der Waals surface area contributed by atoms with E-state index in [1.54, 1.807) is 12.1 Å². The van der Waals surface area contributed by atoms with Gasteiger partial charge < -0.3 is 5.73 Å². The quantitative estimate of drug-likeness (QED) is 0.805. The molecule has 1 aromatic carbocycles. The van der Waals surface area contributed by atoms with Gasteiger partial charge in [0.1, 0.15) is 0 Å². The molecule has 0 radical (unpaired) electrons. The largest absolute Gasteiger partial charge is 0.329 e. The van der Waals surface area contributed by atoms with Gasteiger partial charge in [-0.1, -0.05) is 32.9 Å². The fourth-order valence-electron chi connectivity index (χ4n) is 1.97. The third kappa shape index (κ3) is 3.78. The summed E-state index contributed by atoms with van der Waals surface area (Å²) in [6, 6.07) is 6.98. The molecule has 4 nitrogen and oxygen atoms in total. The SMILES string of the molecule is CCc1ccc(S(=O)(=O)NC(CC)(CC)CN)cc1. The maximum Gasteiger partial charge on any atom is 0.241 e. The molecule has 0 saturated heterocycles. The maximum absolute atomic E-state index is 12.4. The van der Waals surface area contributed by atoms with Crippen LogP contribution in [0.3, 0.4) is 0 Å². The standard InChI is InChI=1S/C14H24N2O2S/c1-4-12-7-9-13(10-8-12)19(17,18)16-14(5-2,6-3)11-15/h7-10,16H,4-6,11,15H2,1-3H3. The van der Waals surface area contributed by atoms with Crippen molar-refractivity contribution in [3.05, 3.63) is 29.8 Å². The molecule has 0 amide bonds. The molecular formula is C14H24N2O2S. The molecule has 19 heavy (non-hydrogen) atoms. The molecule has 5 heteroatoms. The Bertz CT molecular complexity index is 482. The molecule has 3 N–H and O–H groups in total. The number of nitrogens with one attached hydrogen (secondary N) is 1. The van der Waals surface area contributed by atoms with Crippen molar-refractivity contribution in [1.82, 2.24) is 4.72 Å². The number of hydrogen-bond donors (Lipinski definition) is 2. The van der Waals surface area contributed by atoms with E-state index in [0.29, 0.717) is 24.3 Å². The monoisotopic (exact) mass is 284 g/mol. The van der Waals surface area contributed by atoms with Crippen LogP contribution in [0.2, 0.25) is 0 Å². The summed E-state index contributed by atoms with van der Waals surface area (Å²) in [4.78, 5) is 0.296. The second kappa shape index (κ2) is 6.50. The summed E-state index contributed by atoms with van der Waals surface area (Å²) in [5.74, 6) is 0. The highest BCUT2D eigenvalue weighted by Crippen LogP contribution is 2.19. The summed E-state index contributed by atoms with van der Waals surface area (Å²) in [7, 11) is -3.51. The average Bonchev–Trinajstić information content (AvgIpc) is 2.45. The first-order valence-corrected chi connectivity index (χ1v) is 8.24. The second-order valence-electron chi connectivity index (χ2n) is 4.79. The van der Waals surface area contributed by atoms with Gasteiger partial charge in [-0.05, 0) is 37.0 Å².